The van der Waals surface area contributed by atoms with Crippen LogP contribution in [-0.4, -0.2) is 23.9 Å². The zero-order valence-electron chi connectivity index (χ0n) is 15.8. The summed E-state index contributed by atoms with van der Waals surface area (Å²) < 4.78 is 60.1. The number of hydrogen-bond donors (Lipinski definition) is 2. The molecule has 0 aliphatic rings. The van der Waals surface area contributed by atoms with Crippen LogP contribution in [0.15, 0.2) is 70.5 Å². The molecule has 3 rings (SSSR count). The summed E-state index contributed by atoms with van der Waals surface area (Å²) in [7, 11) is -6.52. The van der Waals surface area contributed by atoms with E-state index in [1.54, 1.807) is 6.07 Å². The van der Waals surface area contributed by atoms with Crippen LogP contribution in [0.3, 0.4) is 0 Å². The van der Waals surface area contributed by atoms with Crippen LogP contribution >= 0.6 is 34.8 Å². The molecule has 0 saturated heterocycles. The van der Waals surface area contributed by atoms with Gasteiger partial charge in [-0.1, -0.05) is 40.9 Å². The van der Waals surface area contributed by atoms with E-state index in [0.717, 1.165) is 0 Å². The van der Waals surface area contributed by atoms with E-state index in [1.807, 2.05) is 0 Å². The molecule has 0 fully saturated rings. The molecule has 0 aliphatic heterocycles. The van der Waals surface area contributed by atoms with Crippen molar-refractivity contribution >= 4 is 66.2 Å². The molecule has 0 bridgehead atoms. The van der Waals surface area contributed by atoms with Gasteiger partial charge in [0.15, 0.2) is 0 Å². The molecular formula is C19H15Cl3N2O5S2. The van der Waals surface area contributed by atoms with Crippen LogP contribution in [0.5, 0.6) is 5.75 Å². The van der Waals surface area contributed by atoms with Gasteiger partial charge in [-0.15, -0.1) is 0 Å². The Kier molecular flexibility index (Phi) is 6.92. The Morgan fingerprint density at radius 2 is 1.35 bits per heavy atom. The summed E-state index contributed by atoms with van der Waals surface area (Å²) in [6, 6.07) is 13.7. The highest BCUT2D eigenvalue weighted by atomic mass is 35.5. The Hall–Kier alpha value is -2.17. The second kappa shape index (κ2) is 9.13. The highest BCUT2D eigenvalue weighted by Gasteiger charge is 2.19. The molecule has 0 amide bonds. The standard InChI is InChI=1S/C19H15Cl3N2O5S2/c1-29-18-10-9-14(11-16(18)21)31(27,28)23-12-5-7-13(8-6-12)30(25,26)24-17-4-2-3-15(20)19(17)22/h2-11,23-24H,1H3. The van der Waals surface area contributed by atoms with Gasteiger partial charge in [0.1, 0.15) is 5.75 Å². The normalized spacial score (nSPS) is 11.7. The summed E-state index contributed by atoms with van der Waals surface area (Å²) >= 11 is 17.9. The van der Waals surface area contributed by atoms with Crippen molar-refractivity contribution in [2.24, 2.45) is 0 Å². The fourth-order valence-corrected chi connectivity index (χ4v) is 5.40. The number of rotatable bonds is 7. The van der Waals surface area contributed by atoms with Gasteiger partial charge in [0.05, 0.1) is 37.7 Å². The van der Waals surface area contributed by atoms with Gasteiger partial charge in [-0.05, 0) is 54.6 Å². The first-order valence-electron chi connectivity index (χ1n) is 8.47. The molecule has 0 spiro atoms. The Balaban J connectivity index is 1.81. The minimum atomic E-state index is -3.98. The van der Waals surface area contributed by atoms with Crippen molar-refractivity contribution in [3.05, 3.63) is 75.7 Å². The van der Waals surface area contributed by atoms with E-state index in [0.29, 0.717) is 5.75 Å². The third kappa shape index (κ3) is 5.36. The molecule has 0 radical (unpaired) electrons. The summed E-state index contributed by atoms with van der Waals surface area (Å²) in [6.45, 7) is 0. The fraction of sp³-hybridized carbons (Fsp3) is 0.0526. The number of methoxy groups -OCH3 is 1. The van der Waals surface area contributed by atoms with Crippen molar-refractivity contribution < 1.29 is 21.6 Å². The summed E-state index contributed by atoms with van der Waals surface area (Å²) in [5, 5.41) is 0.401. The van der Waals surface area contributed by atoms with Gasteiger partial charge in [-0.3, -0.25) is 9.44 Å². The third-order valence-corrected chi connectivity index (χ3v) is 7.92. The lowest BCUT2D eigenvalue weighted by Crippen LogP contribution is -2.15. The first-order valence-corrected chi connectivity index (χ1v) is 12.6. The predicted molar refractivity (Wildman–Crippen MR) is 123 cm³/mol. The number of hydrogen-bond acceptors (Lipinski definition) is 5. The number of halogens is 3. The van der Waals surface area contributed by atoms with Crippen LogP contribution in [-0.2, 0) is 20.0 Å². The zero-order valence-corrected chi connectivity index (χ0v) is 19.7. The van der Waals surface area contributed by atoms with Crippen LogP contribution in [0.4, 0.5) is 11.4 Å². The van der Waals surface area contributed by atoms with Gasteiger partial charge in [-0.2, -0.15) is 0 Å². The molecule has 3 aromatic carbocycles. The van der Waals surface area contributed by atoms with E-state index in [9.17, 15) is 16.8 Å². The van der Waals surface area contributed by atoms with Gasteiger partial charge < -0.3 is 4.74 Å². The molecule has 0 unspecified atom stereocenters. The molecule has 164 valence electrons. The molecule has 31 heavy (non-hydrogen) atoms. The van der Waals surface area contributed by atoms with Crippen LogP contribution < -0.4 is 14.2 Å². The predicted octanol–water partition coefficient (Wildman–Crippen LogP) is 5.26. The second-order valence-corrected chi connectivity index (χ2v) is 10.7. The number of benzene rings is 3. The molecule has 0 aliphatic carbocycles. The first kappa shape index (κ1) is 23.5. The summed E-state index contributed by atoms with van der Waals surface area (Å²) in [4.78, 5) is -0.175. The number of ether oxygens (including phenoxy) is 1. The maximum atomic E-state index is 12.6. The lowest BCUT2D eigenvalue weighted by Gasteiger charge is -2.12. The molecule has 0 atom stereocenters. The first-order chi connectivity index (χ1) is 14.5. The summed E-state index contributed by atoms with van der Waals surface area (Å²) in [5.74, 6) is 0.336. The SMILES string of the molecule is COc1ccc(S(=O)(=O)Nc2ccc(S(=O)(=O)Nc3cccc(Cl)c3Cl)cc2)cc1Cl. The van der Waals surface area contributed by atoms with Crippen LogP contribution in [0.2, 0.25) is 15.1 Å². The van der Waals surface area contributed by atoms with E-state index in [2.05, 4.69) is 9.44 Å². The van der Waals surface area contributed by atoms with Crippen molar-refractivity contribution in [3.8, 4) is 5.75 Å². The molecule has 2 N–H and O–H groups in total. The maximum absolute atomic E-state index is 12.6. The Labute approximate surface area is 195 Å². The van der Waals surface area contributed by atoms with E-state index in [1.165, 1.54) is 61.7 Å². The Morgan fingerprint density at radius 1 is 0.742 bits per heavy atom. The Morgan fingerprint density at radius 3 is 1.97 bits per heavy atom. The fourth-order valence-electron chi connectivity index (χ4n) is 2.52. The molecule has 0 saturated carbocycles. The highest BCUT2D eigenvalue weighted by molar-refractivity contribution is 7.93. The minimum Gasteiger partial charge on any atom is -0.495 e. The van der Waals surface area contributed by atoms with Gasteiger partial charge in [0, 0.05) is 5.69 Å². The molecule has 7 nitrogen and oxygen atoms in total. The van der Waals surface area contributed by atoms with Crippen molar-refractivity contribution in [3.63, 3.8) is 0 Å². The van der Waals surface area contributed by atoms with Crippen LogP contribution in [0.1, 0.15) is 0 Å². The lowest BCUT2D eigenvalue weighted by molar-refractivity contribution is 0.414. The topological polar surface area (TPSA) is 102 Å². The van der Waals surface area contributed by atoms with Crippen LogP contribution in [0, 0.1) is 0 Å². The molecule has 12 heteroatoms. The van der Waals surface area contributed by atoms with Gasteiger partial charge >= 0.3 is 0 Å². The van der Waals surface area contributed by atoms with E-state index >= 15 is 0 Å². The van der Waals surface area contributed by atoms with Crippen LogP contribution in [0.25, 0.3) is 0 Å². The van der Waals surface area contributed by atoms with Gasteiger partial charge in [0.2, 0.25) is 0 Å². The number of nitrogens with one attached hydrogen (secondary N) is 2. The van der Waals surface area contributed by atoms with E-state index < -0.39 is 20.0 Å². The number of sulfonamides is 2. The number of anilines is 2. The second-order valence-electron chi connectivity index (χ2n) is 6.13. The highest BCUT2D eigenvalue weighted by Crippen LogP contribution is 2.31. The lowest BCUT2D eigenvalue weighted by atomic mass is 10.3. The van der Waals surface area contributed by atoms with E-state index in [4.69, 9.17) is 39.5 Å². The molecular weight excluding hydrogens is 507 g/mol. The van der Waals surface area contributed by atoms with E-state index in [-0.39, 0.29) is 36.2 Å². The summed E-state index contributed by atoms with van der Waals surface area (Å²) in [6.07, 6.45) is 0. The molecule has 3 aromatic rings. The Bertz CT molecular complexity index is 1330. The average molecular weight is 522 g/mol. The molecule has 0 aromatic heterocycles. The quantitative estimate of drug-likeness (QED) is 0.442. The zero-order chi connectivity index (χ0) is 22.8. The smallest absolute Gasteiger partial charge is 0.261 e. The minimum absolute atomic E-state index is 0.0651. The van der Waals surface area contributed by atoms with Crippen molar-refractivity contribution in [1.29, 1.82) is 0 Å². The average Bonchev–Trinajstić information content (AvgIpc) is 2.71. The van der Waals surface area contributed by atoms with Gasteiger partial charge in [-0.25, -0.2) is 16.8 Å². The summed E-state index contributed by atoms with van der Waals surface area (Å²) in [5.41, 5.74) is 0.280. The third-order valence-electron chi connectivity index (χ3n) is 4.05. The monoisotopic (exact) mass is 520 g/mol. The maximum Gasteiger partial charge on any atom is 0.261 e. The molecule has 0 heterocycles. The van der Waals surface area contributed by atoms with Crippen molar-refractivity contribution in [1.82, 2.24) is 0 Å². The van der Waals surface area contributed by atoms with Crippen molar-refractivity contribution in [2.45, 2.75) is 9.79 Å². The van der Waals surface area contributed by atoms with Gasteiger partial charge in [0.25, 0.3) is 20.0 Å². The largest absolute Gasteiger partial charge is 0.495 e. The van der Waals surface area contributed by atoms with Crippen molar-refractivity contribution in [2.75, 3.05) is 16.6 Å².